The van der Waals surface area contributed by atoms with Crippen LogP contribution in [0.15, 0.2) is 12.1 Å². The number of rotatable bonds is 2. The van der Waals surface area contributed by atoms with Gasteiger partial charge in [-0.2, -0.15) is 0 Å². The van der Waals surface area contributed by atoms with Crippen molar-refractivity contribution < 1.29 is 82.7 Å². The number of halogens is 5. The Morgan fingerprint density at radius 2 is 1.58 bits per heavy atom. The van der Waals surface area contributed by atoms with Gasteiger partial charge in [0.25, 0.3) is 11.7 Å². The second-order valence-corrected chi connectivity index (χ2v) is 3.74. The number of nitrogens with zero attached hydrogens (tertiary/aromatic N) is 1. The largest absolute Gasteiger partial charge is 1.00 e. The predicted molar refractivity (Wildman–Crippen MR) is 52.1 cm³/mol. The van der Waals surface area contributed by atoms with E-state index in [4.69, 9.17) is 0 Å². The molecule has 0 saturated carbocycles. The normalized spacial score (nSPS) is 14.5. The zero-order valence-electron chi connectivity index (χ0n) is 9.59. The van der Waals surface area contributed by atoms with Crippen molar-refractivity contribution in [3.8, 4) is 0 Å². The van der Waals surface area contributed by atoms with Crippen molar-refractivity contribution in [1.82, 2.24) is 0 Å². The number of carbonyl (C=O) groups is 2. The Labute approximate surface area is 146 Å². The molecule has 0 spiro atoms. The minimum Gasteiger partial charge on any atom is -0.448 e. The monoisotopic (exact) mass is 303 g/mol. The van der Waals surface area contributed by atoms with E-state index in [9.17, 15) is 31.3 Å². The van der Waals surface area contributed by atoms with Crippen molar-refractivity contribution in [2.75, 3.05) is 11.3 Å². The Balaban J connectivity index is 0.00000180. The summed E-state index contributed by atoms with van der Waals surface area (Å²) in [5, 5.41) is 0. The van der Waals surface area contributed by atoms with E-state index in [1.165, 1.54) is 0 Å². The zero-order chi connectivity index (χ0) is 13.7. The van der Waals surface area contributed by atoms with Gasteiger partial charge in [-0.3, -0.25) is 9.59 Å². The fourth-order valence-corrected chi connectivity index (χ4v) is 1.68. The van der Waals surface area contributed by atoms with Gasteiger partial charge in [-0.05, 0) is 12.5 Å². The van der Waals surface area contributed by atoms with Crippen LogP contribution in [0.1, 0.15) is 10.4 Å². The van der Waals surface area contributed by atoms with Gasteiger partial charge < -0.3 is 17.8 Å². The van der Waals surface area contributed by atoms with Crippen LogP contribution in [0.5, 0.6) is 0 Å². The Bertz CT molecular complexity index is 562. The maximum absolute atomic E-state index is 12.9. The number of carbonyl (C=O) groups excluding carboxylic acids is 2. The molecule has 1 aromatic carbocycles. The van der Waals surface area contributed by atoms with Crippen LogP contribution in [0.2, 0.25) is 0 Å². The van der Waals surface area contributed by atoms with E-state index >= 15 is 0 Å². The van der Waals surface area contributed by atoms with Gasteiger partial charge in [0, 0.05) is 6.07 Å². The molecule has 1 heterocycles. The van der Waals surface area contributed by atoms with Crippen molar-refractivity contribution in [1.29, 1.82) is 0 Å². The van der Waals surface area contributed by atoms with Gasteiger partial charge in [-0.15, -0.1) is 0 Å². The van der Waals surface area contributed by atoms with Gasteiger partial charge in [0.15, 0.2) is 11.6 Å². The molecule has 0 unspecified atom stereocenters. The fourth-order valence-electron chi connectivity index (χ4n) is 1.68. The van der Waals surface area contributed by atoms with Gasteiger partial charge in [0.2, 0.25) is 0 Å². The van der Waals surface area contributed by atoms with Crippen LogP contribution in [0.25, 0.3) is 0 Å². The van der Waals surface area contributed by atoms with Crippen LogP contribution >= 0.6 is 0 Å². The first-order valence-electron chi connectivity index (χ1n) is 4.77. The first-order chi connectivity index (χ1) is 8.20. The molecule has 1 aliphatic heterocycles. The number of benzene rings is 1. The molecule has 1 amide bonds. The second-order valence-electron chi connectivity index (χ2n) is 3.74. The van der Waals surface area contributed by atoms with Crippen molar-refractivity contribution in [3.05, 3.63) is 29.3 Å². The first-order valence-corrected chi connectivity index (χ1v) is 4.77. The third kappa shape index (κ3) is 3.24. The summed E-state index contributed by atoms with van der Waals surface area (Å²) in [6, 6.07) is 0.837. The number of amides is 1. The van der Waals surface area contributed by atoms with Gasteiger partial charge >= 0.3 is 58.4 Å². The SMILES string of the molecule is O=C1C(=O)N(C[B-](F)(F)F)c2cc(F)c(F)cc21.[K+]. The molecule has 3 nitrogen and oxygen atoms in total. The average Bonchev–Trinajstić information content (AvgIpc) is 2.44. The summed E-state index contributed by atoms with van der Waals surface area (Å²) in [6.07, 6.45) is -1.66. The minimum absolute atomic E-state index is 0. The van der Waals surface area contributed by atoms with Gasteiger partial charge in [0.05, 0.1) is 11.3 Å². The summed E-state index contributed by atoms with van der Waals surface area (Å²) in [7, 11) is 0. The van der Waals surface area contributed by atoms with Crippen LogP contribution < -0.4 is 56.3 Å². The number of hydrogen-bond donors (Lipinski definition) is 0. The molecule has 0 aliphatic carbocycles. The molecule has 2 rings (SSSR count). The molecular formula is C9H4BF5KNO2. The van der Waals surface area contributed by atoms with Gasteiger partial charge in [0.1, 0.15) is 0 Å². The fraction of sp³-hybridized carbons (Fsp3) is 0.111. The first kappa shape index (κ1) is 16.8. The Hall–Kier alpha value is -0.289. The standard InChI is InChI=1S/C9H4BF5NO2.K/c11-5-1-4-7(2-6(5)12)16(3-10(13,14)15)9(18)8(4)17;/h1-2H,3H2;/q-1;+1. The number of hydrogen-bond acceptors (Lipinski definition) is 2. The summed E-state index contributed by atoms with van der Waals surface area (Å²) < 4.78 is 62.6. The topological polar surface area (TPSA) is 37.4 Å². The second kappa shape index (κ2) is 5.60. The number of ketones is 1. The minimum atomic E-state index is -5.38. The number of fused-ring (bicyclic) bond motifs is 1. The smallest absolute Gasteiger partial charge is 0.448 e. The molecule has 0 aromatic heterocycles. The van der Waals surface area contributed by atoms with Crippen molar-refractivity contribution >= 4 is 24.4 Å². The van der Waals surface area contributed by atoms with Crippen LogP contribution in [-0.2, 0) is 4.79 Å². The zero-order valence-corrected chi connectivity index (χ0v) is 12.7. The van der Waals surface area contributed by atoms with Crippen LogP contribution in [-0.4, -0.2) is 25.1 Å². The quantitative estimate of drug-likeness (QED) is 0.394. The third-order valence-electron chi connectivity index (χ3n) is 2.40. The molecule has 0 saturated heterocycles. The molecule has 1 aliphatic rings. The van der Waals surface area contributed by atoms with Crippen molar-refractivity contribution in [2.45, 2.75) is 0 Å². The maximum atomic E-state index is 12.9. The molecule has 0 fully saturated rings. The molecule has 0 N–H and O–H groups in total. The molecule has 19 heavy (non-hydrogen) atoms. The molecule has 10 heteroatoms. The Morgan fingerprint density at radius 3 is 2.11 bits per heavy atom. The molecular weight excluding hydrogens is 299 g/mol. The summed E-state index contributed by atoms with van der Waals surface area (Å²) in [4.78, 5) is 22.7. The van der Waals surface area contributed by atoms with E-state index in [1.807, 2.05) is 0 Å². The Morgan fingerprint density at radius 1 is 1.05 bits per heavy atom. The van der Waals surface area contributed by atoms with Crippen LogP contribution in [0.3, 0.4) is 0 Å². The number of anilines is 1. The molecule has 96 valence electrons. The van der Waals surface area contributed by atoms with E-state index in [1.54, 1.807) is 0 Å². The summed E-state index contributed by atoms with van der Waals surface area (Å²) >= 11 is 0. The van der Waals surface area contributed by atoms with E-state index < -0.39 is 48.0 Å². The van der Waals surface area contributed by atoms with E-state index in [2.05, 4.69) is 0 Å². The van der Waals surface area contributed by atoms with Gasteiger partial charge in [-0.25, -0.2) is 8.78 Å². The summed E-state index contributed by atoms with van der Waals surface area (Å²) in [5.74, 6) is -5.52. The third-order valence-corrected chi connectivity index (χ3v) is 2.40. The maximum Gasteiger partial charge on any atom is 1.00 e. The van der Waals surface area contributed by atoms with Gasteiger partial charge in [-0.1, -0.05) is 0 Å². The van der Waals surface area contributed by atoms with E-state index in [0.29, 0.717) is 12.1 Å². The van der Waals surface area contributed by atoms with Crippen molar-refractivity contribution in [3.63, 3.8) is 0 Å². The summed E-state index contributed by atoms with van der Waals surface area (Å²) in [5.41, 5.74) is -1.11. The van der Waals surface area contributed by atoms with E-state index in [0.717, 1.165) is 0 Å². The van der Waals surface area contributed by atoms with Crippen LogP contribution in [0, 0.1) is 11.6 Å². The summed E-state index contributed by atoms with van der Waals surface area (Å²) in [6.45, 7) is -5.38. The molecule has 0 radical (unpaired) electrons. The van der Waals surface area contributed by atoms with E-state index in [-0.39, 0.29) is 56.3 Å². The molecule has 0 atom stereocenters. The predicted octanol–water partition coefficient (Wildman–Crippen LogP) is -1.12. The molecule has 0 bridgehead atoms. The average molecular weight is 303 g/mol. The Kier molecular flexibility index (Phi) is 4.94. The van der Waals surface area contributed by atoms with Crippen LogP contribution in [0.4, 0.5) is 27.4 Å². The number of Topliss-reactive ketones (excluding diaryl/α,β-unsaturated/α-hetero) is 1. The molecule has 1 aromatic rings. The van der Waals surface area contributed by atoms with Crippen molar-refractivity contribution in [2.24, 2.45) is 0 Å².